The summed E-state index contributed by atoms with van der Waals surface area (Å²) in [7, 11) is -3.95. The molecule has 7 nitrogen and oxygen atoms in total. The minimum absolute atomic E-state index is 0.0426. The Kier molecular flexibility index (Phi) is 5.52. The number of benzene rings is 3. The Morgan fingerprint density at radius 1 is 0.771 bits per heavy atom. The first-order valence-electron chi connectivity index (χ1n) is 11.1. The van der Waals surface area contributed by atoms with E-state index < -0.39 is 21.4 Å². The molecule has 35 heavy (non-hydrogen) atoms. The van der Waals surface area contributed by atoms with Crippen LogP contribution in [0, 0.1) is 12.7 Å². The number of fused-ring (bicyclic) bond motifs is 2. The van der Waals surface area contributed by atoms with Crippen molar-refractivity contribution in [2.75, 3.05) is 26.2 Å². The molecule has 2 aliphatic heterocycles. The SMILES string of the molecule is Cc1ccc(C(=O)N2CCN(C(=O)c3ccc4c(c3)S(=O)(=O)c3ccccc3C4=O)CC2)cc1F. The standard InChI is InChI=1S/C26H21FN2O5S/c1-16-6-7-17(14-21(16)27)25(31)28-10-12-29(13-11-28)26(32)18-8-9-20-23(15-18)35(33,34)22-5-3-2-4-19(22)24(20)30/h2-9,14-15H,10-13H2,1H3. The molecule has 3 aromatic carbocycles. The summed E-state index contributed by atoms with van der Waals surface area (Å²) < 4.78 is 40.1. The maximum absolute atomic E-state index is 13.9. The highest BCUT2D eigenvalue weighted by Gasteiger charge is 2.35. The smallest absolute Gasteiger partial charge is 0.254 e. The Hall–Kier alpha value is -3.85. The fourth-order valence-corrected chi connectivity index (χ4v) is 6.10. The van der Waals surface area contributed by atoms with Crippen LogP contribution in [-0.4, -0.2) is 62.0 Å². The van der Waals surface area contributed by atoms with Crippen LogP contribution in [0.2, 0.25) is 0 Å². The predicted molar refractivity (Wildman–Crippen MR) is 125 cm³/mol. The zero-order chi connectivity index (χ0) is 24.9. The first-order chi connectivity index (χ1) is 16.7. The monoisotopic (exact) mass is 492 g/mol. The van der Waals surface area contributed by atoms with Gasteiger partial charge in [-0.3, -0.25) is 14.4 Å². The highest BCUT2D eigenvalue weighted by molar-refractivity contribution is 7.91. The Morgan fingerprint density at radius 2 is 1.31 bits per heavy atom. The number of piperazine rings is 1. The Labute approximate surface area is 201 Å². The first-order valence-corrected chi connectivity index (χ1v) is 12.5. The Bertz CT molecular complexity index is 1510. The van der Waals surface area contributed by atoms with Crippen molar-refractivity contribution in [2.24, 2.45) is 0 Å². The van der Waals surface area contributed by atoms with Crippen molar-refractivity contribution in [3.8, 4) is 0 Å². The zero-order valence-electron chi connectivity index (χ0n) is 18.8. The number of halogens is 1. The van der Waals surface area contributed by atoms with Gasteiger partial charge in [0, 0.05) is 48.4 Å². The van der Waals surface area contributed by atoms with E-state index >= 15 is 0 Å². The lowest BCUT2D eigenvalue weighted by atomic mass is 10.0. The molecule has 2 heterocycles. The molecule has 1 fully saturated rings. The van der Waals surface area contributed by atoms with Crippen molar-refractivity contribution in [3.05, 3.63) is 94.3 Å². The second-order valence-electron chi connectivity index (χ2n) is 8.59. The molecule has 0 spiro atoms. The summed E-state index contributed by atoms with van der Waals surface area (Å²) in [5.74, 6) is -1.55. The molecule has 178 valence electrons. The summed E-state index contributed by atoms with van der Waals surface area (Å²) in [6.45, 7) is 2.62. The molecule has 0 aromatic heterocycles. The molecular weight excluding hydrogens is 471 g/mol. The van der Waals surface area contributed by atoms with Gasteiger partial charge in [0.15, 0.2) is 5.78 Å². The number of amides is 2. The molecule has 2 aliphatic rings. The van der Waals surface area contributed by atoms with Crippen LogP contribution in [0.1, 0.15) is 42.2 Å². The topological polar surface area (TPSA) is 91.8 Å². The van der Waals surface area contributed by atoms with Gasteiger partial charge in [0.1, 0.15) is 5.82 Å². The van der Waals surface area contributed by atoms with Crippen molar-refractivity contribution in [1.82, 2.24) is 9.80 Å². The van der Waals surface area contributed by atoms with Crippen LogP contribution in [-0.2, 0) is 9.84 Å². The van der Waals surface area contributed by atoms with Crippen LogP contribution < -0.4 is 0 Å². The third kappa shape index (κ3) is 3.81. The highest BCUT2D eigenvalue weighted by atomic mass is 32.2. The number of hydrogen-bond acceptors (Lipinski definition) is 5. The van der Waals surface area contributed by atoms with E-state index in [1.165, 1.54) is 41.3 Å². The minimum atomic E-state index is -3.95. The Balaban J connectivity index is 1.34. The summed E-state index contributed by atoms with van der Waals surface area (Å²) in [5.41, 5.74) is 1.01. The third-order valence-electron chi connectivity index (χ3n) is 6.46. The lowest BCUT2D eigenvalue weighted by molar-refractivity contribution is 0.0535. The second-order valence-corrected chi connectivity index (χ2v) is 10.5. The summed E-state index contributed by atoms with van der Waals surface area (Å²) in [4.78, 5) is 41.5. The van der Waals surface area contributed by atoms with E-state index in [9.17, 15) is 27.2 Å². The van der Waals surface area contributed by atoms with Crippen molar-refractivity contribution in [2.45, 2.75) is 16.7 Å². The van der Waals surface area contributed by atoms with Gasteiger partial charge in [-0.05, 0) is 55.0 Å². The number of carbonyl (C=O) groups excluding carboxylic acids is 3. The summed E-state index contributed by atoms with van der Waals surface area (Å²) in [6.07, 6.45) is 0. The first kappa shape index (κ1) is 22.9. The van der Waals surface area contributed by atoms with Gasteiger partial charge in [0.05, 0.1) is 9.79 Å². The van der Waals surface area contributed by atoms with Gasteiger partial charge in [-0.1, -0.05) is 18.2 Å². The number of aryl methyl sites for hydroxylation is 1. The van der Waals surface area contributed by atoms with E-state index in [0.717, 1.165) is 0 Å². The molecule has 5 rings (SSSR count). The largest absolute Gasteiger partial charge is 0.335 e. The summed E-state index contributed by atoms with van der Waals surface area (Å²) in [6, 6.07) is 14.4. The van der Waals surface area contributed by atoms with Crippen LogP contribution in [0.25, 0.3) is 0 Å². The maximum atomic E-state index is 13.9. The average Bonchev–Trinajstić information content (AvgIpc) is 2.88. The molecule has 0 aliphatic carbocycles. The quantitative estimate of drug-likeness (QED) is 0.429. The van der Waals surface area contributed by atoms with Gasteiger partial charge < -0.3 is 9.80 Å². The van der Waals surface area contributed by atoms with E-state index in [1.54, 1.807) is 36.1 Å². The Morgan fingerprint density at radius 3 is 1.94 bits per heavy atom. The summed E-state index contributed by atoms with van der Waals surface area (Å²) >= 11 is 0. The molecule has 0 atom stereocenters. The number of rotatable bonds is 2. The van der Waals surface area contributed by atoms with Gasteiger partial charge >= 0.3 is 0 Å². The number of nitrogens with zero attached hydrogens (tertiary/aromatic N) is 2. The number of hydrogen-bond donors (Lipinski definition) is 0. The van der Waals surface area contributed by atoms with Gasteiger partial charge in [-0.15, -0.1) is 0 Å². The van der Waals surface area contributed by atoms with Gasteiger partial charge in [0.25, 0.3) is 11.8 Å². The lowest BCUT2D eigenvalue weighted by Gasteiger charge is -2.35. The lowest BCUT2D eigenvalue weighted by Crippen LogP contribution is -2.50. The molecule has 0 saturated carbocycles. The molecule has 0 bridgehead atoms. The van der Waals surface area contributed by atoms with E-state index in [1.807, 2.05) is 0 Å². The van der Waals surface area contributed by atoms with E-state index in [-0.39, 0.29) is 70.0 Å². The molecule has 0 radical (unpaired) electrons. The zero-order valence-corrected chi connectivity index (χ0v) is 19.6. The minimum Gasteiger partial charge on any atom is -0.335 e. The van der Waals surface area contributed by atoms with Crippen LogP contribution in [0.3, 0.4) is 0 Å². The molecule has 9 heteroatoms. The van der Waals surface area contributed by atoms with Crippen LogP contribution >= 0.6 is 0 Å². The normalized spacial score (nSPS) is 16.5. The van der Waals surface area contributed by atoms with Crippen molar-refractivity contribution in [1.29, 1.82) is 0 Å². The molecule has 1 saturated heterocycles. The van der Waals surface area contributed by atoms with Crippen LogP contribution in [0.4, 0.5) is 4.39 Å². The fourth-order valence-electron chi connectivity index (χ4n) is 4.42. The van der Waals surface area contributed by atoms with Gasteiger partial charge in [-0.25, -0.2) is 12.8 Å². The predicted octanol–water partition coefficient (Wildman–Crippen LogP) is 3.11. The number of ketones is 1. The number of carbonyl (C=O) groups is 3. The van der Waals surface area contributed by atoms with Crippen molar-refractivity contribution in [3.63, 3.8) is 0 Å². The fraction of sp³-hybridized carbons (Fsp3) is 0.192. The van der Waals surface area contributed by atoms with Gasteiger partial charge in [-0.2, -0.15) is 0 Å². The molecule has 3 aromatic rings. The van der Waals surface area contributed by atoms with E-state index in [4.69, 9.17) is 0 Å². The second kappa shape index (κ2) is 8.42. The van der Waals surface area contributed by atoms with Crippen molar-refractivity contribution >= 4 is 27.4 Å². The van der Waals surface area contributed by atoms with Crippen LogP contribution in [0.5, 0.6) is 0 Å². The van der Waals surface area contributed by atoms with Crippen LogP contribution in [0.15, 0.2) is 70.5 Å². The molecule has 0 unspecified atom stereocenters. The van der Waals surface area contributed by atoms with Crippen molar-refractivity contribution < 1.29 is 27.2 Å². The van der Waals surface area contributed by atoms with E-state index in [2.05, 4.69) is 0 Å². The number of sulfone groups is 1. The highest BCUT2D eigenvalue weighted by Crippen LogP contribution is 2.35. The van der Waals surface area contributed by atoms with E-state index in [0.29, 0.717) is 5.56 Å². The molecular formula is C26H21FN2O5S. The maximum Gasteiger partial charge on any atom is 0.254 e. The van der Waals surface area contributed by atoms with Gasteiger partial charge in [0.2, 0.25) is 9.84 Å². The molecule has 0 N–H and O–H groups in total. The molecule has 2 amide bonds. The third-order valence-corrected chi connectivity index (χ3v) is 8.31. The average molecular weight is 493 g/mol. The summed E-state index contributed by atoms with van der Waals surface area (Å²) in [5, 5.41) is 0.